The molecule has 17 heteroatoms. The number of hydrogen-bond donors (Lipinski definition) is 3. The van der Waals surface area contributed by atoms with E-state index in [-0.39, 0.29) is 19.9 Å². The second-order valence-electron chi connectivity index (χ2n) is 8.41. The van der Waals surface area contributed by atoms with E-state index in [1.807, 2.05) is 31.1 Å². The third-order valence-corrected chi connectivity index (χ3v) is 8.43. The van der Waals surface area contributed by atoms with Crippen molar-refractivity contribution in [1.29, 1.82) is 0 Å². The molecule has 0 aliphatic carbocycles. The molecule has 1 aliphatic heterocycles. The van der Waals surface area contributed by atoms with Crippen LogP contribution in [0, 0.1) is 12.3 Å². The number of nitrogens with zero attached hydrogens (tertiary/aromatic N) is 5. The molecule has 3 aromatic rings. The summed E-state index contributed by atoms with van der Waals surface area (Å²) in [5.74, 6) is -0.290. The minimum absolute atomic E-state index is 0. The van der Waals surface area contributed by atoms with E-state index in [1.165, 1.54) is 33.2 Å². The molecule has 0 atom stereocenters. The first-order valence-electron chi connectivity index (χ1n) is 11.5. The van der Waals surface area contributed by atoms with Gasteiger partial charge in [0.15, 0.2) is 12.3 Å². The lowest BCUT2D eigenvalue weighted by molar-refractivity contribution is -0.172. The van der Waals surface area contributed by atoms with Gasteiger partial charge in [-0.25, -0.2) is 23.9 Å². The van der Waals surface area contributed by atoms with Gasteiger partial charge >= 0.3 is 0 Å². The molecule has 1 aromatic carbocycles. The van der Waals surface area contributed by atoms with Gasteiger partial charge in [0.2, 0.25) is 16.0 Å². The standard InChI is InChI=1S/C22H26N6O4S2.C2HFO2.2FH/c1-26(2)15-20-19(7-12-33-20)16-3-5-18(6-4-16)34(31,32)28-10-8-27(9-11-28)22-23-13-17(14-24-22)21(29)25-30;3-1-2-5-4;;/h3-7,12-14,30H,8-11,15H2,1-2H3,(H,25,29);4H;2*1H. The number of nitrogens with one attached hydrogen (secondary N) is 1. The van der Waals surface area contributed by atoms with E-state index in [9.17, 15) is 17.6 Å². The number of rotatable bonds is 7. The molecule has 4 rings (SSSR count). The van der Waals surface area contributed by atoms with E-state index in [0.717, 1.165) is 23.8 Å². The minimum atomic E-state index is -3.62. The Kier molecular flexibility index (Phi) is 14.2. The third-order valence-electron chi connectivity index (χ3n) is 5.62. The van der Waals surface area contributed by atoms with Crippen LogP contribution in [0.4, 0.5) is 19.7 Å². The van der Waals surface area contributed by atoms with Gasteiger partial charge in [0.05, 0.1) is 10.5 Å². The molecule has 0 saturated carbocycles. The van der Waals surface area contributed by atoms with Gasteiger partial charge in [-0.1, -0.05) is 12.1 Å². The minimum Gasteiger partial charge on any atom is -0.338 e. The largest absolute Gasteiger partial charge is 0.338 e. The summed E-state index contributed by atoms with van der Waals surface area (Å²) in [5.41, 5.74) is 3.79. The van der Waals surface area contributed by atoms with Gasteiger partial charge in [-0.05, 0) is 48.8 Å². The lowest BCUT2D eigenvalue weighted by Gasteiger charge is -2.34. The van der Waals surface area contributed by atoms with Crippen LogP contribution in [0.1, 0.15) is 15.2 Å². The molecule has 0 radical (unpaired) electrons. The van der Waals surface area contributed by atoms with Crippen LogP contribution in [0.2, 0.25) is 0 Å². The maximum Gasteiger partial charge on any atom is 0.277 e. The molecule has 12 nitrogen and oxygen atoms in total. The van der Waals surface area contributed by atoms with Crippen molar-refractivity contribution in [1.82, 2.24) is 24.7 Å². The zero-order valence-corrected chi connectivity index (χ0v) is 23.6. The van der Waals surface area contributed by atoms with Crippen LogP contribution < -0.4 is 10.4 Å². The van der Waals surface area contributed by atoms with Crippen LogP contribution in [-0.4, -0.2) is 84.2 Å². The molecule has 1 fully saturated rings. The number of sulfonamides is 1. The molecule has 1 aliphatic rings. The van der Waals surface area contributed by atoms with Crippen LogP contribution >= 0.6 is 11.3 Å². The quantitative estimate of drug-likeness (QED) is 0.156. The summed E-state index contributed by atoms with van der Waals surface area (Å²) in [6.07, 6.45) is 4.68. The summed E-state index contributed by atoms with van der Waals surface area (Å²) >= 11 is 1.69. The van der Waals surface area contributed by atoms with Gasteiger partial charge in [0.25, 0.3) is 5.91 Å². The Morgan fingerprint density at radius 2 is 1.73 bits per heavy atom. The number of hydroxylamine groups is 1. The van der Waals surface area contributed by atoms with E-state index in [1.54, 1.807) is 23.5 Å². The van der Waals surface area contributed by atoms with Gasteiger partial charge in [-0.3, -0.25) is 24.3 Å². The third kappa shape index (κ3) is 9.11. The molecule has 3 heterocycles. The Hall–Kier alpha value is -3.79. The number of benzene rings is 1. The van der Waals surface area contributed by atoms with E-state index in [4.69, 9.17) is 10.5 Å². The molecule has 2 aromatic heterocycles. The summed E-state index contributed by atoms with van der Waals surface area (Å²) in [7, 11) is 0.423. The van der Waals surface area contributed by atoms with Crippen molar-refractivity contribution >= 4 is 33.2 Å². The molecule has 1 amide bonds. The summed E-state index contributed by atoms with van der Waals surface area (Å²) in [6.45, 7) is 2.27. The molecule has 0 unspecified atom stereocenters. The van der Waals surface area contributed by atoms with E-state index < -0.39 is 15.9 Å². The summed E-state index contributed by atoms with van der Waals surface area (Å²) in [4.78, 5) is 28.1. The number of carbonyl (C=O) groups excluding carboxylic acids is 1. The molecule has 0 spiro atoms. The first-order valence-corrected chi connectivity index (χ1v) is 13.8. The SMILES string of the molecule is CN(C)Cc1sccc1-c1ccc(S(=O)(=O)N2CCN(c3ncc(C(=O)NO)cn3)CC2)cc1.F.F.OOC#CF. The second-order valence-corrected chi connectivity index (χ2v) is 11.3. The second kappa shape index (κ2) is 16.5. The molecular weight excluding hydrogens is 589 g/mol. The number of amides is 1. The zero-order chi connectivity index (χ0) is 28.4. The number of halogens is 3. The average Bonchev–Trinajstić information content (AvgIpc) is 3.41. The first-order chi connectivity index (χ1) is 18.7. The van der Waals surface area contributed by atoms with Crippen molar-refractivity contribution in [2.75, 3.05) is 45.2 Å². The van der Waals surface area contributed by atoms with Crippen molar-refractivity contribution in [2.45, 2.75) is 11.4 Å². The smallest absolute Gasteiger partial charge is 0.277 e. The van der Waals surface area contributed by atoms with Crippen molar-refractivity contribution in [3.63, 3.8) is 0 Å². The Morgan fingerprint density at radius 1 is 1.12 bits per heavy atom. The van der Waals surface area contributed by atoms with E-state index >= 15 is 0 Å². The van der Waals surface area contributed by atoms with Crippen LogP contribution in [-0.2, 0) is 21.5 Å². The van der Waals surface area contributed by atoms with Crippen LogP contribution in [0.3, 0.4) is 0 Å². The van der Waals surface area contributed by atoms with Crippen molar-refractivity contribution in [3.8, 4) is 23.4 Å². The van der Waals surface area contributed by atoms with Crippen molar-refractivity contribution in [2.24, 2.45) is 0 Å². The number of hydrogen-bond acceptors (Lipinski definition) is 11. The fraction of sp³-hybridized carbons (Fsp3) is 0.292. The maximum atomic E-state index is 13.2. The number of anilines is 1. The van der Waals surface area contributed by atoms with Gasteiger partial charge in [-0.2, -0.15) is 9.56 Å². The number of thiophene rings is 1. The Morgan fingerprint density at radius 3 is 2.22 bits per heavy atom. The van der Waals surface area contributed by atoms with Crippen LogP contribution in [0.25, 0.3) is 11.1 Å². The average molecular weight is 619 g/mol. The lowest BCUT2D eigenvalue weighted by Crippen LogP contribution is -2.49. The topological polar surface area (TPSA) is 148 Å². The maximum absolute atomic E-state index is 13.2. The van der Waals surface area contributed by atoms with Crippen molar-refractivity contribution < 1.29 is 42.4 Å². The normalized spacial score (nSPS) is 13.0. The fourth-order valence-electron chi connectivity index (χ4n) is 3.78. The molecule has 224 valence electrons. The van der Waals surface area contributed by atoms with E-state index in [2.05, 4.69) is 31.2 Å². The summed E-state index contributed by atoms with van der Waals surface area (Å²) in [5, 5.41) is 17.9. The molecule has 0 bridgehead atoms. The monoisotopic (exact) mass is 618 g/mol. The van der Waals surface area contributed by atoms with Gasteiger partial charge in [-0.15, -0.1) is 15.7 Å². The highest BCUT2D eigenvalue weighted by molar-refractivity contribution is 7.89. The Labute approximate surface area is 238 Å². The van der Waals surface area contributed by atoms with Gasteiger partial charge in [0.1, 0.15) is 0 Å². The van der Waals surface area contributed by atoms with Gasteiger partial charge < -0.3 is 9.80 Å². The zero-order valence-electron chi connectivity index (χ0n) is 21.9. The number of piperazine rings is 1. The van der Waals surface area contributed by atoms with Crippen LogP contribution in [0.15, 0.2) is 53.0 Å². The van der Waals surface area contributed by atoms with E-state index in [0.29, 0.717) is 32.1 Å². The summed E-state index contributed by atoms with van der Waals surface area (Å²) in [6, 6.07) is 9.13. The summed E-state index contributed by atoms with van der Waals surface area (Å²) < 4.78 is 38.2. The lowest BCUT2D eigenvalue weighted by atomic mass is 10.1. The highest BCUT2D eigenvalue weighted by atomic mass is 32.2. The Balaban J connectivity index is 0.00000111. The molecular formula is C24H29F3N6O6S2. The first kappa shape index (κ1) is 35.2. The number of aromatic nitrogens is 2. The predicted molar refractivity (Wildman–Crippen MR) is 147 cm³/mol. The van der Waals surface area contributed by atoms with Crippen molar-refractivity contribution in [3.05, 3.63) is 58.5 Å². The molecule has 3 N–H and O–H groups in total. The highest BCUT2D eigenvalue weighted by Gasteiger charge is 2.29. The van der Waals surface area contributed by atoms with Crippen LogP contribution in [0.5, 0.6) is 0 Å². The fourth-order valence-corrected chi connectivity index (χ4v) is 6.21. The molecule has 41 heavy (non-hydrogen) atoms. The highest BCUT2D eigenvalue weighted by Crippen LogP contribution is 2.30. The Bertz CT molecular complexity index is 1410. The number of carbonyl (C=O) groups is 1. The predicted octanol–water partition coefficient (Wildman–Crippen LogP) is 2.57. The molecule has 1 saturated heterocycles. The van der Waals surface area contributed by atoms with Gasteiger partial charge in [0, 0.05) is 50.0 Å².